The van der Waals surface area contributed by atoms with Gasteiger partial charge in [0.2, 0.25) is 0 Å². The molecule has 0 aromatic carbocycles. The second kappa shape index (κ2) is 6.31. The molecule has 0 bridgehead atoms. The van der Waals surface area contributed by atoms with Crippen LogP contribution < -0.4 is 0 Å². The number of aliphatic hydroxyl groups excluding tert-OH is 1. The van der Waals surface area contributed by atoms with Gasteiger partial charge >= 0.3 is 0 Å². The first-order chi connectivity index (χ1) is 8.43. The van der Waals surface area contributed by atoms with E-state index < -0.39 is 10.0 Å². The molecule has 18 heavy (non-hydrogen) atoms. The first-order valence-electron chi connectivity index (χ1n) is 6.04. The van der Waals surface area contributed by atoms with Crippen LogP contribution in [-0.2, 0) is 17.1 Å². The maximum absolute atomic E-state index is 12.3. The molecule has 0 aliphatic carbocycles. The van der Waals surface area contributed by atoms with Gasteiger partial charge in [-0.2, -0.15) is 4.31 Å². The second-order valence-corrected chi connectivity index (χ2v) is 6.10. The van der Waals surface area contributed by atoms with Crippen molar-refractivity contribution in [3.63, 3.8) is 0 Å². The summed E-state index contributed by atoms with van der Waals surface area (Å²) in [6, 6.07) is 0. The van der Waals surface area contributed by atoms with Crippen LogP contribution in [0.2, 0.25) is 0 Å². The quantitative estimate of drug-likeness (QED) is 0.787. The first-order valence-corrected chi connectivity index (χ1v) is 7.48. The number of aryl methyl sites for hydroxylation is 2. The topological polar surface area (TPSA) is 75.4 Å². The molecule has 0 spiro atoms. The van der Waals surface area contributed by atoms with Gasteiger partial charge in [0.15, 0.2) is 5.03 Å². The smallest absolute Gasteiger partial charge is 0.262 e. The lowest BCUT2D eigenvalue weighted by Gasteiger charge is -2.19. The molecule has 0 aliphatic heterocycles. The third-order valence-electron chi connectivity index (χ3n) is 2.80. The molecule has 0 unspecified atom stereocenters. The van der Waals surface area contributed by atoms with E-state index in [0.29, 0.717) is 12.4 Å². The minimum absolute atomic E-state index is 0.0482. The lowest BCUT2D eigenvalue weighted by molar-refractivity contribution is 0.252. The number of aromatic nitrogens is 2. The third-order valence-corrected chi connectivity index (χ3v) is 4.57. The number of sulfonamides is 1. The summed E-state index contributed by atoms with van der Waals surface area (Å²) in [6.07, 6.45) is 3.17. The van der Waals surface area contributed by atoms with Crippen LogP contribution in [0.5, 0.6) is 0 Å². The summed E-state index contributed by atoms with van der Waals surface area (Å²) in [7, 11) is -1.84. The Labute approximate surface area is 108 Å². The van der Waals surface area contributed by atoms with E-state index in [-0.39, 0.29) is 18.2 Å². The number of rotatable bonds is 7. The number of nitrogens with zero attached hydrogens (tertiary/aromatic N) is 3. The number of hydrogen-bond donors (Lipinski definition) is 1. The van der Waals surface area contributed by atoms with E-state index in [9.17, 15) is 8.42 Å². The molecule has 1 N–H and O–H groups in total. The fourth-order valence-electron chi connectivity index (χ4n) is 1.58. The van der Waals surface area contributed by atoms with Gasteiger partial charge in [0, 0.05) is 26.3 Å². The fourth-order valence-corrected chi connectivity index (χ4v) is 3.08. The van der Waals surface area contributed by atoms with Crippen LogP contribution >= 0.6 is 0 Å². The molecule has 0 saturated heterocycles. The maximum atomic E-state index is 12.3. The average molecular weight is 275 g/mol. The van der Waals surface area contributed by atoms with Crippen molar-refractivity contribution in [2.45, 2.75) is 31.7 Å². The molecule has 0 atom stereocenters. The van der Waals surface area contributed by atoms with Gasteiger partial charge in [0.25, 0.3) is 10.0 Å². The summed E-state index contributed by atoms with van der Waals surface area (Å²) in [4.78, 5) is 4.04. The molecular weight excluding hydrogens is 254 g/mol. The highest BCUT2D eigenvalue weighted by Crippen LogP contribution is 2.15. The molecule has 1 heterocycles. The highest BCUT2D eigenvalue weighted by Gasteiger charge is 2.26. The molecule has 0 aliphatic rings. The Morgan fingerprint density at radius 1 is 1.44 bits per heavy atom. The molecule has 0 saturated carbocycles. The molecule has 1 aromatic heterocycles. The summed E-state index contributed by atoms with van der Waals surface area (Å²) in [5, 5.41) is 9.02. The van der Waals surface area contributed by atoms with E-state index in [0.717, 1.165) is 12.8 Å². The third kappa shape index (κ3) is 3.30. The molecule has 104 valence electrons. The van der Waals surface area contributed by atoms with E-state index >= 15 is 0 Å². The zero-order valence-electron chi connectivity index (χ0n) is 11.1. The normalized spacial score (nSPS) is 12.3. The van der Waals surface area contributed by atoms with E-state index in [1.54, 1.807) is 18.5 Å². The van der Waals surface area contributed by atoms with E-state index in [4.69, 9.17) is 5.11 Å². The Balaban J connectivity index is 3.00. The summed E-state index contributed by atoms with van der Waals surface area (Å²) in [5.74, 6) is 0.646. The Bertz CT molecular complexity index is 462. The van der Waals surface area contributed by atoms with Crippen molar-refractivity contribution in [2.75, 3.05) is 19.7 Å². The van der Waals surface area contributed by atoms with Gasteiger partial charge in [-0.15, -0.1) is 0 Å². The lowest BCUT2D eigenvalue weighted by atomic mass is 10.3. The van der Waals surface area contributed by atoms with Gasteiger partial charge < -0.3 is 9.67 Å². The average Bonchev–Trinajstić information content (AvgIpc) is 2.65. The van der Waals surface area contributed by atoms with Crippen molar-refractivity contribution >= 4 is 10.0 Å². The molecular formula is C11H21N3O3S. The van der Waals surface area contributed by atoms with Crippen LogP contribution in [0.15, 0.2) is 11.2 Å². The van der Waals surface area contributed by atoms with Gasteiger partial charge in [0.1, 0.15) is 5.82 Å². The molecule has 6 nitrogen and oxygen atoms in total. The SMILES string of the molecule is CCCCN(CCO)S(=O)(=O)c1cn(C)c(C)n1. The Hall–Kier alpha value is -0.920. The molecule has 0 amide bonds. The van der Waals surface area contributed by atoms with Crippen molar-refractivity contribution in [1.29, 1.82) is 0 Å². The van der Waals surface area contributed by atoms with Crippen LogP contribution in [0.4, 0.5) is 0 Å². The largest absolute Gasteiger partial charge is 0.395 e. The Morgan fingerprint density at radius 3 is 2.56 bits per heavy atom. The van der Waals surface area contributed by atoms with E-state index in [1.165, 1.54) is 10.5 Å². The standard InChI is InChI=1S/C11H21N3O3S/c1-4-5-6-14(7-8-15)18(16,17)11-9-13(3)10(2)12-11/h9,15H,4-8H2,1-3H3. The molecule has 1 rings (SSSR count). The van der Waals surface area contributed by atoms with Gasteiger partial charge in [-0.3, -0.25) is 0 Å². The zero-order valence-corrected chi connectivity index (χ0v) is 11.9. The fraction of sp³-hybridized carbons (Fsp3) is 0.727. The Morgan fingerprint density at radius 2 is 2.11 bits per heavy atom. The predicted molar refractivity (Wildman–Crippen MR) is 68.7 cm³/mol. The highest BCUT2D eigenvalue weighted by atomic mass is 32.2. The Kier molecular flexibility index (Phi) is 5.30. The molecule has 7 heteroatoms. The van der Waals surface area contributed by atoms with Crippen LogP contribution in [0.1, 0.15) is 25.6 Å². The summed E-state index contributed by atoms with van der Waals surface area (Å²) in [5.41, 5.74) is 0. The second-order valence-electron chi connectivity index (χ2n) is 4.22. The lowest BCUT2D eigenvalue weighted by Crippen LogP contribution is -2.34. The van der Waals surface area contributed by atoms with Crippen molar-refractivity contribution < 1.29 is 13.5 Å². The highest BCUT2D eigenvalue weighted by molar-refractivity contribution is 7.89. The van der Waals surface area contributed by atoms with Crippen LogP contribution in [-0.4, -0.2) is 47.1 Å². The van der Waals surface area contributed by atoms with Gasteiger partial charge in [-0.05, 0) is 13.3 Å². The summed E-state index contributed by atoms with van der Waals surface area (Å²) < 4.78 is 27.6. The minimum Gasteiger partial charge on any atom is -0.395 e. The zero-order chi connectivity index (χ0) is 13.8. The number of aliphatic hydroxyl groups is 1. The minimum atomic E-state index is -3.60. The monoisotopic (exact) mass is 275 g/mol. The van der Waals surface area contributed by atoms with Crippen molar-refractivity contribution in [3.05, 3.63) is 12.0 Å². The first kappa shape index (κ1) is 15.1. The van der Waals surface area contributed by atoms with Crippen LogP contribution in [0, 0.1) is 6.92 Å². The number of hydrogen-bond acceptors (Lipinski definition) is 4. The molecule has 0 fully saturated rings. The van der Waals surface area contributed by atoms with Crippen molar-refractivity contribution in [2.24, 2.45) is 7.05 Å². The van der Waals surface area contributed by atoms with Gasteiger partial charge in [-0.1, -0.05) is 13.3 Å². The van der Waals surface area contributed by atoms with Crippen LogP contribution in [0.3, 0.4) is 0 Å². The number of unbranched alkanes of at least 4 members (excludes halogenated alkanes) is 1. The maximum Gasteiger partial charge on any atom is 0.262 e. The summed E-state index contributed by atoms with van der Waals surface area (Å²) >= 11 is 0. The number of imidazole rings is 1. The van der Waals surface area contributed by atoms with Crippen LogP contribution in [0.25, 0.3) is 0 Å². The van der Waals surface area contributed by atoms with Gasteiger partial charge in [0.05, 0.1) is 6.61 Å². The molecule has 0 radical (unpaired) electrons. The van der Waals surface area contributed by atoms with Crippen molar-refractivity contribution in [3.8, 4) is 0 Å². The molecule has 1 aromatic rings. The van der Waals surface area contributed by atoms with E-state index in [1.807, 2.05) is 6.92 Å². The predicted octanol–water partition coefficient (Wildman–Crippen LogP) is 0.512. The van der Waals surface area contributed by atoms with E-state index in [2.05, 4.69) is 4.98 Å². The van der Waals surface area contributed by atoms with Crippen molar-refractivity contribution in [1.82, 2.24) is 13.9 Å². The summed E-state index contributed by atoms with van der Waals surface area (Å²) in [6.45, 7) is 4.08. The van der Waals surface area contributed by atoms with Gasteiger partial charge in [-0.25, -0.2) is 13.4 Å².